The Balaban J connectivity index is 0.000000268. The summed E-state index contributed by atoms with van der Waals surface area (Å²) in [6, 6.07) is 55.1. The molecule has 6 rings (SSSR count). The van der Waals surface area contributed by atoms with Crippen LogP contribution < -0.4 is 31.8 Å². The fourth-order valence-electron chi connectivity index (χ4n) is 4.29. The van der Waals surface area contributed by atoms with Crippen LogP contribution in [0.15, 0.2) is 158 Å². The van der Waals surface area contributed by atoms with Crippen LogP contribution in [0.5, 0.6) is 0 Å². The van der Waals surface area contributed by atoms with Crippen molar-refractivity contribution < 1.29 is 17.1 Å². The Morgan fingerprint density at radius 1 is 0.512 bits per heavy atom. The first-order valence-corrected chi connectivity index (χ1v) is 15.8. The molecule has 0 aliphatic rings. The van der Waals surface area contributed by atoms with Gasteiger partial charge in [0.2, 0.25) is 0 Å². The van der Waals surface area contributed by atoms with E-state index in [1.54, 1.807) is 0 Å². The van der Waals surface area contributed by atoms with E-state index < -0.39 is 15.8 Å². The largest absolute Gasteiger partial charge is 2.00 e. The summed E-state index contributed by atoms with van der Waals surface area (Å²) >= 11 is 12.5. The van der Waals surface area contributed by atoms with Gasteiger partial charge in [0.25, 0.3) is 0 Å². The van der Waals surface area contributed by atoms with Crippen molar-refractivity contribution in [1.82, 2.24) is 0 Å². The van der Waals surface area contributed by atoms with Gasteiger partial charge in [0.1, 0.15) is 0 Å². The molecule has 0 atom stereocenters. The zero-order chi connectivity index (χ0) is 26.2. The van der Waals surface area contributed by atoms with Crippen molar-refractivity contribution in [3.63, 3.8) is 0 Å². The van der Waals surface area contributed by atoms with Crippen LogP contribution in [0.1, 0.15) is 0 Å². The number of hydrogen-bond acceptors (Lipinski definition) is 0. The van der Waals surface area contributed by atoms with Crippen LogP contribution in [0.3, 0.4) is 0 Å². The van der Waals surface area contributed by atoms with Gasteiger partial charge in [0.15, 0.2) is 0 Å². The Kier molecular flexibility index (Phi) is 15.4. The molecule has 7 heteroatoms. The van der Waals surface area contributed by atoms with E-state index in [1.165, 1.54) is 26.5 Å². The molecule has 0 aliphatic carbocycles. The molecule has 0 radical (unpaired) electrons. The van der Waals surface area contributed by atoms with Gasteiger partial charge in [-0.25, -0.2) is 18.2 Å². The van der Waals surface area contributed by atoms with E-state index in [9.17, 15) is 0 Å². The summed E-state index contributed by atoms with van der Waals surface area (Å²) in [5.74, 6) is 0. The Hall–Kier alpha value is -1.88. The third-order valence-electron chi connectivity index (χ3n) is 6.02. The van der Waals surface area contributed by atoms with Gasteiger partial charge in [-0.2, -0.15) is 29.8 Å². The molecular weight excluding hydrogens is 668 g/mol. The molecule has 0 N–H and O–H groups in total. The number of halogens is 4. The Morgan fingerprint density at radius 2 is 0.902 bits per heavy atom. The van der Waals surface area contributed by atoms with Crippen molar-refractivity contribution in [2.24, 2.45) is 0 Å². The molecule has 0 bridgehead atoms. The Labute approximate surface area is 278 Å². The van der Waals surface area contributed by atoms with Crippen molar-refractivity contribution in [3.05, 3.63) is 168 Å². The van der Waals surface area contributed by atoms with Crippen LogP contribution in [0.2, 0.25) is 10.0 Å². The molecule has 6 aromatic carbocycles. The summed E-state index contributed by atoms with van der Waals surface area (Å²) in [7, 11) is -1.07. The molecule has 41 heavy (non-hydrogen) atoms. The second-order valence-electron chi connectivity index (χ2n) is 8.54. The molecule has 0 unspecified atom stereocenters. The number of rotatable bonds is 6. The molecule has 0 saturated heterocycles. The second kappa shape index (κ2) is 17.9. The average Bonchev–Trinajstić information content (AvgIpc) is 3.63. The molecule has 0 fully saturated rings. The van der Waals surface area contributed by atoms with E-state index >= 15 is 0 Å². The minimum atomic E-state index is -0.662. The van der Waals surface area contributed by atoms with E-state index in [-0.39, 0.29) is 41.9 Å². The van der Waals surface area contributed by atoms with Crippen LogP contribution in [0.4, 0.5) is 0 Å². The van der Waals surface area contributed by atoms with Crippen LogP contribution in [-0.4, -0.2) is 0 Å². The van der Waals surface area contributed by atoms with Gasteiger partial charge in [0.05, 0.1) is 0 Å². The van der Waals surface area contributed by atoms with Gasteiger partial charge >= 0.3 is 17.1 Å². The molecule has 0 saturated carbocycles. The molecule has 0 aliphatic heterocycles. The van der Waals surface area contributed by atoms with Crippen molar-refractivity contribution in [2.75, 3.05) is 0 Å². The summed E-state index contributed by atoms with van der Waals surface area (Å²) < 4.78 is 0. The molecule has 0 heterocycles. The average molecular weight is 696 g/mol. The van der Waals surface area contributed by atoms with E-state index in [2.05, 4.69) is 133 Å². The van der Waals surface area contributed by atoms with Gasteiger partial charge in [0, 0.05) is 0 Å². The molecule has 0 nitrogen and oxygen atoms in total. The van der Waals surface area contributed by atoms with Crippen molar-refractivity contribution >= 4 is 95.7 Å². The van der Waals surface area contributed by atoms with E-state index in [0.717, 1.165) is 5.30 Å². The number of benzene rings is 4. The predicted molar refractivity (Wildman–Crippen MR) is 186 cm³/mol. The first-order valence-electron chi connectivity index (χ1n) is 12.4. The quantitative estimate of drug-likeness (QED) is 0.0932. The fourth-order valence-corrected chi connectivity index (χ4v) is 9.54. The first-order chi connectivity index (χ1) is 18.7. The summed E-state index contributed by atoms with van der Waals surface area (Å²) in [5, 5.41) is 9.20. The third-order valence-corrected chi connectivity index (χ3v) is 11.9. The zero-order valence-electron chi connectivity index (χ0n) is 21.8. The predicted octanol–water partition coefficient (Wildman–Crippen LogP) is 8.48. The fraction of sp³-hybridized carbons (Fsp3) is 0. The maximum atomic E-state index is 6.39. The summed E-state index contributed by atoms with van der Waals surface area (Å²) in [6.07, 6.45) is 0. The van der Waals surface area contributed by atoms with Crippen molar-refractivity contribution in [1.29, 1.82) is 0 Å². The molecular formula is C34H28Cl4FeP2. The molecule has 6 aromatic rings. The molecule has 0 aromatic heterocycles. The maximum absolute atomic E-state index is 6.39. The van der Waals surface area contributed by atoms with E-state index in [0.29, 0.717) is 10.0 Å². The van der Waals surface area contributed by atoms with Gasteiger partial charge in [-0.15, -0.1) is 47.0 Å². The molecule has 210 valence electrons. The molecule has 0 spiro atoms. The van der Waals surface area contributed by atoms with Gasteiger partial charge in [-0.1, -0.05) is 139 Å². The third kappa shape index (κ3) is 9.05. The van der Waals surface area contributed by atoms with E-state index in [1.807, 2.05) is 24.3 Å². The van der Waals surface area contributed by atoms with Gasteiger partial charge in [-0.3, -0.25) is 0 Å². The van der Waals surface area contributed by atoms with Crippen LogP contribution in [0.25, 0.3) is 0 Å². The van der Waals surface area contributed by atoms with Gasteiger partial charge < -0.3 is 0 Å². The number of hydrogen-bond donors (Lipinski definition) is 0. The van der Waals surface area contributed by atoms with E-state index in [4.69, 9.17) is 23.2 Å². The van der Waals surface area contributed by atoms with Crippen LogP contribution in [0, 0.1) is 0 Å². The molecule has 0 amide bonds. The monoisotopic (exact) mass is 694 g/mol. The summed E-state index contributed by atoms with van der Waals surface area (Å²) in [5.41, 5.74) is 0. The topological polar surface area (TPSA) is 0 Å². The summed E-state index contributed by atoms with van der Waals surface area (Å²) in [6.45, 7) is 0. The Morgan fingerprint density at radius 3 is 1.22 bits per heavy atom. The zero-order valence-corrected chi connectivity index (χ0v) is 27.9. The second-order valence-corrected chi connectivity index (χ2v) is 13.7. The Bertz CT molecular complexity index is 1450. The van der Waals surface area contributed by atoms with Crippen LogP contribution >= 0.6 is 63.9 Å². The summed E-state index contributed by atoms with van der Waals surface area (Å²) in [4.78, 5) is 0. The normalized spacial score (nSPS) is 10.0. The minimum absolute atomic E-state index is 0. The minimum Gasteiger partial charge on any atom is -0.213 e. The smallest absolute Gasteiger partial charge is 0.213 e. The first kappa shape index (κ1) is 35.3. The van der Waals surface area contributed by atoms with Crippen LogP contribution in [-0.2, 0) is 17.1 Å². The van der Waals surface area contributed by atoms with Gasteiger partial charge in [-0.05, 0) is 29.1 Å². The van der Waals surface area contributed by atoms with Crippen molar-refractivity contribution in [2.45, 2.75) is 0 Å². The standard InChI is InChI=1S/C17H12Cl2P.C17H14P.2ClH.Fe/c18-15-11-12-16(17(15)19)20(13-7-3-1-4-8-13)14-9-5-2-6-10-14;1-3-9-15(10-4-1)18(17-13-7-8-14-17)16-11-5-2-6-12-16;;;/h1-12H;1-14H;2*1H;/q2*-1;;;+2. The SMILES string of the molecule is Cl.Cl.Clc1c(P(c2ccccc2)c2ccccc2)cc[c-]1Cl.[Fe+2].c1ccc(P(c2ccccc2)c2ccc[cH-]2)cc1. The maximum Gasteiger partial charge on any atom is 2.00 e. The van der Waals surface area contributed by atoms with Crippen molar-refractivity contribution in [3.8, 4) is 0 Å².